The van der Waals surface area contributed by atoms with Crippen LogP contribution in [0.2, 0.25) is 0 Å². The number of nitrogens with zero attached hydrogens (tertiary/aromatic N) is 2. The normalized spacial score (nSPS) is 22.7. The van der Waals surface area contributed by atoms with Gasteiger partial charge in [-0.1, -0.05) is 19.9 Å². The van der Waals surface area contributed by atoms with Gasteiger partial charge in [-0.25, -0.2) is 0 Å². The van der Waals surface area contributed by atoms with E-state index in [1.807, 2.05) is 28.8 Å². The van der Waals surface area contributed by atoms with E-state index in [4.69, 9.17) is 0 Å². The molecule has 6 heteroatoms. The van der Waals surface area contributed by atoms with Gasteiger partial charge in [0.2, 0.25) is 11.8 Å². The lowest BCUT2D eigenvalue weighted by Crippen LogP contribution is -2.61. The second kappa shape index (κ2) is 8.42. The Morgan fingerprint density at radius 2 is 2.19 bits per heavy atom. The van der Waals surface area contributed by atoms with E-state index >= 15 is 0 Å². The topological polar surface area (TPSA) is 62.3 Å². The molecule has 0 aliphatic carbocycles. The van der Waals surface area contributed by atoms with E-state index in [2.05, 4.69) is 24.1 Å². The molecule has 2 amide bonds. The van der Waals surface area contributed by atoms with E-state index in [1.54, 1.807) is 12.4 Å². The first-order valence-corrected chi connectivity index (χ1v) is 10.7. The highest BCUT2D eigenvalue weighted by atomic mass is 32.2. The third-order valence-electron chi connectivity index (χ3n) is 5.45. The van der Waals surface area contributed by atoms with Crippen LogP contribution in [0, 0.1) is 11.8 Å². The van der Waals surface area contributed by atoms with Gasteiger partial charge in [0.05, 0.1) is 0 Å². The van der Waals surface area contributed by atoms with Crippen molar-refractivity contribution in [3.63, 3.8) is 0 Å². The monoisotopic (exact) mass is 375 g/mol. The van der Waals surface area contributed by atoms with Crippen LogP contribution in [0.5, 0.6) is 0 Å². The molecule has 3 heterocycles. The number of hydrogen-bond acceptors (Lipinski definition) is 4. The van der Waals surface area contributed by atoms with Crippen molar-refractivity contribution in [2.45, 2.75) is 51.6 Å². The summed E-state index contributed by atoms with van der Waals surface area (Å²) in [5.41, 5.74) is 0.308. The Hall–Kier alpha value is -1.56. The fourth-order valence-corrected chi connectivity index (χ4v) is 5.37. The predicted octanol–water partition coefficient (Wildman–Crippen LogP) is 2.86. The van der Waals surface area contributed by atoms with Gasteiger partial charge in [0, 0.05) is 31.9 Å². The number of carbonyl (C=O) groups is 2. The summed E-state index contributed by atoms with van der Waals surface area (Å²) in [5, 5.41) is 3.08. The zero-order valence-electron chi connectivity index (χ0n) is 15.7. The number of pyridine rings is 1. The summed E-state index contributed by atoms with van der Waals surface area (Å²) in [6.45, 7) is 5.57. The number of thioether (sulfide) groups is 1. The number of amides is 2. The first-order chi connectivity index (χ1) is 12.5. The van der Waals surface area contributed by atoms with E-state index in [-0.39, 0.29) is 11.8 Å². The summed E-state index contributed by atoms with van der Waals surface area (Å²) in [5.74, 6) is 2.96. The van der Waals surface area contributed by atoms with E-state index in [0.717, 1.165) is 42.9 Å². The van der Waals surface area contributed by atoms with E-state index in [9.17, 15) is 9.59 Å². The SMILES string of the molecule is CC(C)C[C@@H]1CC(=O)N(C2(C(=O)NCc3cccnc3)CCSCC2)C1. The van der Waals surface area contributed by atoms with Crippen molar-refractivity contribution in [3.8, 4) is 0 Å². The molecule has 5 nitrogen and oxygen atoms in total. The van der Waals surface area contributed by atoms with Gasteiger partial charge >= 0.3 is 0 Å². The molecule has 1 aromatic rings. The summed E-state index contributed by atoms with van der Waals surface area (Å²) < 4.78 is 0. The van der Waals surface area contributed by atoms with Crippen LogP contribution in [-0.4, -0.2) is 45.3 Å². The maximum Gasteiger partial charge on any atom is 0.246 e. The third kappa shape index (κ3) is 4.22. The highest BCUT2D eigenvalue weighted by molar-refractivity contribution is 7.99. The second-order valence-electron chi connectivity index (χ2n) is 7.89. The lowest BCUT2D eigenvalue weighted by molar-refractivity contribution is -0.145. The molecule has 1 N–H and O–H groups in total. The van der Waals surface area contributed by atoms with Crippen molar-refractivity contribution in [1.82, 2.24) is 15.2 Å². The van der Waals surface area contributed by atoms with E-state index in [0.29, 0.717) is 24.8 Å². The molecular weight excluding hydrogens is 346 g/mol. The Kier molecular flexibility index (Phi) is 6.22. The molecule has 1 atom stereocenters. The van der Waals surface area contributed by atoms with Gasteiger partial charge in [-0.3, -0.25) is 14.6 Å². The zero-order chi connectivity index (χ0) is 18.6. The lowest BCUT2D eigenvalue weighted by atomic mass is 9.88. The van der Waals surface area contributed by atoms with Crippen LogP contribution in [0.15, 0.2) is 24.5 Å². The molecule has 0 aromatic carbocycles. The van der Waals surface area contributed by atoms with Gasteiger partial charge in [0.25, 0.3) is 0 Å². The molecule has 2 saturated heterocycles. The van der Waals surface area contributed by atoms with Crippen LogP contribution < -0.4 is 5.32 Å². The van der Waals surface area contributed by atoms with Gasteiger partial charge in [0.15, 0.2) is 0 Å². The molecule has 2 aliphatic heterocycles. The van der Waals surface area contributed by atoms with Crippen molar-refractivity contribution in [2.75, 3.05) is 18.1 Å². The quantitative estimate of drug-likeness (QED) is 0.830. The van der Waals surface area contributed by atoms with E-state index in [1.165, 1.54) is 0 Å². The lowest BCUT2D eigenvalue weighted by Gasteiger charge is -2.43. The van der Waals surface area contributed by atoms with Crippen LogP contribution in [-0.2, 0) is 16.1 Å². The van der Waals surface area contributed by atoms with Crippen molar-refractivity contribution >= 4 is 23.6 Å². The molecule has 26 heavy (non-hydrogen) atoms. The number of aromatic nitrogens is 1. The number of rotatable bonds is 6. The summed E-state index contributed by atoms with van der Waals surface area (Å²) in [4.78, 5) is 32.0. The number of carbonyl (C=O) groups excluding carboxylic acids is 2. The summed E-state index contributed by atoms with van der Waals surface area (Å²) in [6.07, 6.45) is 6.62. The number of hydrogen-bond donors (Lipinski definition) is 1. The van der Waals surface area contributed by atoms with E-state index < -0.39 is 5.54 Å². The summed E-state index contributed by atoms with van der Waals surface area (Å²) in [6, 6.07) is 3.82. The molecule has 2 fully saturated rings. The molecular formula is C20H29N3O2S. The second-order valence-corrected chi connectivity index (χ2v) is 9.12. The van der Waals surface area contributed by atoms with Crippen molar-refractivity contribution in [1.29, 1.82) is 0 Å². The maximum absolute atomic E-state index is 13.2. The molecule has 0 spiro atoms. The fourth-order valence-electron chi connectivity index (χ4n) is 4.20. The van der Waals surface area contributed by atoms with Crippen molar-refractivity contribution in [3.05, 3.63) is 30.1 Å². The molecule has 1 aromatic heterocycles. The van der Waals surface area contributed by atoms with Gasteiger partial charge in [-0.2, -0.15) is 11.8 Å². The van der Waals surface area contributed by atoms with Crippen LogP contribution >= 0.6 is 11.8 Å². The van der Waals surface area contributed by atoms with Crippen LogP contribution in [0.4, 0.5) is 0 Å². The van der Waals surface area contributed by atoms with Gasteiger partial charge in [-0.15, -0.1) is 0 Å². The molecule has 0 unspecified atom stereocenters. The molecule has 2 aliphatic rings. The molecule has 3 rings (SSSR count). The molecule has 0 bridgehead atoms. The number of likely N-dealkylation sites (tertiary alicyclic amines) is 1. The van der Waals surface area contributed by atoms with Gasteiger partial charge in [-0.05, 0) is 54.2 Å². The average Bonchev–Trinajstić information content (AvgIpc) is 3.01. The minimum absolute atomic E-state index is 0.000185. The smallest absolute Gasteiger partial charge is 0.246 e. The molecule has 0 radical (unpaired) electrons. The maximum atomic E-state index is 13.2. The Bertz CT molecular complexity index is 629. The summed E-state index contributed by atoms with van der Waals surface area (Å²) in [7, 11) is 0. The first kappa shape index (κ1) is 19.2. The fraction of sp³-hybridized carbons (Fsp3) is 0.650. The third-order valence-corrected chi connectivity index (χ3v) is 6.43. The standard InChI is InChI=1S/C20H29N3O2S/c1-15(2)10-17-11-18(24)23(14-17)20(5-8-26-9-6-20)19(25)22-13-16-4-3-7-21-12-16/h3-4,7,12,15,17H,5-6,8-11,13-14H2,1-2H3,(H,22,25)/t17-/m1/s1. The Labute approximate surface area is 160 Å². The average molecular weight is 376 g/mol. The van der Waals surface area contributed by atoms with Crippen LogP contribution in [0.3, 0.4) is 0 Å². The van der Waals surface area contributed by atoms with Crippen LogP contribution in [0.1, 0.15) is 45.1 Å². The molecule has 0 saturated carbocycles. The van der Waals surface area contributed by atoms with Gasteiger partial charge < -0.3 is 10.2 Å². The highest BCUT2D eigenvalue weighted by Crippen LogP contribution is 2.38. The summed E-state index contributed by atoms with van der Waals surface area (Å²) >= 11 is 1.87. The largest absolute Gasteiger partial charge is 0.350 e. The number of nitrogens with one attached hydrogen (secondary N) is 1. The Morgan fingerprint density at radius 3 is 2.85 bits per heavy atom. The minimum atomic E-state index is -0.670. The highest BCUT2D eigenvalue weighted by Gasteiger charge is 2.50. The van der Waals surface area contributed by atoms with Gasteiger partial charge in [0.1, 0.15) is 5.54 Å². The zero-order valence-corrected chi connectivity index (χ0v) is 16.6. The first-order valence-electron chi connectivity index (χ1n) is 9.56. The predicted molar refractivity (Wildman–Crippen MR) is 105 cm³/mol. The minimum Gasteiger partial charge on any atom is -0.350 e. The van der Waals surface area contributed by atoms with Crippen molar-refractivity contribution in [2.24, 2.45) is 11.8 Å². The van der Waals surface area contributed by atoms with Crippen molar-refractivity contribution < 1.29 is 9.59 Å². The Morgan fingerprint density at radius 1 is 1.42 bits per heavy atom. The van der Waals surface area contributed by atoms with Crippen LogP contribution in [0.25, 0.3) is 0 Å². The molecule has 142 valence electrons. The Balaban J connectivity index is 1.73.